The summed E-state index contributed by atoms with van der Waals surface area (Å²) >= 11 is 4.30. The first-order valence-corrected chi connectivity index (χ1v) is 8.67. The molecule has 0 heterocycles. The summed E-state index contributed by atoms with van der Waals surface area (Å²) in [7, 11) is 0. The first-order valence-electron chi connectivity index (χ1n) is 6.51. The van der Waals surface area contributed by atoms with E-state index in [1.54, 1.807) is 43.3 Å². The zero-order valence-corrected chi connectivity index (χ0v) is 16.5. The van der Waals surface area contributed by atoms with Crippen LogP contribution in [0.4, 0.5) is 0 Å². The van der Waals surface area contributed by atoms with Gasteiger partial charge in [-0.1, -0.05) is 6.58 Å². The molecule has 2 aromatic carbocycles. The number of carbonyl (C=O) groups excluding carboxylic acids is 2. The third-order valence-corrected chi connectivity index (χ3v) is 3.94. The molecule has 0 spiro atoms. The maximum absolute atomic E-state index is 12.1. The molecular formula is C17H12I2O4. The number of benzene rings is 2. The van der Waals surface area contributed by atoms with Crippen LogP contribution in [0.2, 0.25) is 0 Å². The number of carbonyl (C=O) groups is 2. The van der Waals surface area contributed by atoms with Gasteiger partial charge in [0.1, 0.15) is 11.5 Å². The zero-order chi connectivity index (χ0) is 17.0. The summed E-state index contributed by atoms with van der Waals surface area (Å²) in [5.41, 5.74) is 0.799. The van der Waals surface area contributed by atoms with Gasteiger partial charge in [-0.05, 0) is 94.6 Å². The van der Waals surface area contributed by atoms with Crippen LogP contribution in [0.1, 0.15) is 17.3 Å². The highest BCUT2D eigenvalue weighted by Crippen LogP contribution is 2.21. The molecule has 0 aromatic heterocycles. The molecule has 4 nitrogen and oxygen atoms in total. The van der Waals surface area contributed by atoms with Gasteiger partial charge in [-0.3, -0.25) is 0 Å². The third kappa shape index (κ3) is 5.31. The smallest absolute Gasteiger partial charge is 0.343 e. The van der Waals surface area contributed by atoms with Crippen LogP contribution in [0.25, 0.3) is 0 Å². The summed E-state index contributed by atoms with van der Waals surface area (Å²) in [5, 5.41) is 0. The number of halogens is 2. The van der Waals surface area contributed by atoms with Gasteiger partial charge < -0.3 is 9.47 Å². The van der Waals surface area contributed by atoms with Crippen LogP contribution in [0.5, 0.6) is 11.5 Å². The van der Waals surface area contributed by atoms with E-state index in [0.717, 1.165) is 7.14 Å². The Kier molecular flexibility index (Phi) is 6.17. The molecule has 0 saturated heterocycles. The van der Waals surface area contributed by atoms with E-state index in [0.29, 0.717) is 22.6 Å². The molecule has 2 aromatic rings. The molecule has 6 heteroatoms. The van der Waals surface area contributed by atoms with Gasteiger partial charge >= 0.3 is 11.9 Å². The van der Waals surface area contributed by atoms with Gasteiger partial charge in [0.25, 0.3) is 0 Å². The molecular weight excluding hydrogens is 522 g/mol. The Bertz CT molecular complexity index is 746. The number of ether oxygens (including phenoxy) is 2. The van der Waals surface area contributed by atoms with Crippen molar-refractivity contribution in [3.8, 4) is 11.5 Å². The third-order valence-electron chi connectivity index (χ3n) is 2.69. The predicted molar refractivity (Wildman–Crippen MR) is 104 cm³/mol. The maximum atomic E-state index is 12.1. The minimum absolute atomic E-state index is 0.314. The predicted octanol–water partition coefficient (Wildman–Crippen LogP) is 4.60. The summed E-state index contributed by atoms with van der Waals surface area (Å²) in [5.74, 6) is -0.197. The van der Waals surface area contributed by atoms with Gasteiger partial charge in [0.05, 0.1) is 5.56 Å². The lowest BCUT2D eigenvalue weighted by atomic mass is 10.2. The van der Waals surface area contributed by atoms with Crippen LogP contribution >= 0.6 is 45.2 Å². The normalized spacial score (nSPS) is 10.0. The average Bonchev–Trinajstić information content (AvgIpc) is 2.48. The van der Waals surface area contributed by atoms with Crippen molar-refractivity contribution >= 4 is 57.1 Å². The largest absolute Gasteiger partial charge is 0.423 e. The highest BCUT2D eigenvalue weighted by Gasteiger charge is 2.11. The first kappa shape index (κ1) is 17.9. The van der Waals surface area contributed by atoms with Crippen LogP contribution in [-0.4, -0.2) is 11.9 Å². The van der Waals surface area contributed by atoms with Crippen molar-refractivity contribution in [2.45, 2.75) is 6.92 Å². The van der Waals surface area contributed by atoms with E-state index in [9.17, 15) is 9.59 Å². The van der Waals surface area contributed by atoms with Crippen molar-refractivity contribution in [1.82, 2.24) is 0 Å². The van der Waals surface area contributed by atoms with Gasteiger partial charge in [-0.25, -0.2) is 9.59 Å². The van der Waals surface area contributed by atoms with Crippen molar-refractivity contribution in [1.29, 1.82) is 0 Å². The van der Waals surface area contributed by atoms with Crippen molar-refractivity contribution in [3.63, 3.8) is 0 Å². The second kappa shape index (κ2) is 7.91. The van der Waals surface area contributed by atoms with E-state index in [2.05, 4.69) is 51.8 Å². The molecule has 2 rings (SSSR count). The van der Waals surface area contributed by atoms with Gasteiger partial charge in [0, 0.05) is 12.7 Å². The lowest BCUT2D eigenvalue weighted by molar-refractivity contribution is -0.130. The minimum atomic E-state index is -0.497. The van der Waals surface area contributed by atoms with Crippen LogP contribution < -0.4 is 9.47 Å². The fourth-order valence-electron chi connectivity index (χ4n) is 1.61. The number of hydrogen-bond donors (Lipinski definition) is 0. The fourth-order valence-corrected chi connectivity index (χ4v) is 3.55. The molecule has 0 fully saturated rings. The first-order chi connectivity index (χ1) is 10.8. The summed E-state index contributed by atoms with van der Waals surface area (Å²) in [6.45, 7) is 5.08. The topological polar surface area (TPSA) is 52.6 Å². The zero-order valence-electron chi connectivity index (χ0n) is 12.1. The molecule has 0 bridgehead atoms. The van der Waals surface area contributed by atoms with E-state index in [1.165, 1.54) is 0 Å². The van der Waals surface area contributed by atoms with Gasteiger partial charge in [-0.15, -0.1) is 0 Å². The molecule has 0 aliphatic heterocycles. The molecule has 0 unspecified atom stereocenters. The van der Waals surface area contributed by atoms with Crippen molar-refractivity contribution in [2.75, 3.05) is 0 Å². The lowest BCUT2D eigenvalue weighted by Crippen LogP contribution is -2.10. The summed E-state index contributed by atoms with van der Waals surface area (Å²) in [6.07, 6.45) is 0. The molecule has 0 N–H and O–H groups in total. The van der Waals surface area contributed by atoms with Crippen LogP contribution in [0.15, 0.2) is 54.6 Å². The Morgan fingerprint density at radius 2 is 1.39 bits per heavy atom. The van der Waals surface area contributed by atoms with Crippen LogP contribution in [0, 0.1) is 7.14 Å². The standard InChI is InChI=1S/C17H12I2O4/c1-10(2)16(20)22-14-3-5-15(6-4-14)23-17(21)11-7-12(18)9-13(19)8-11/h3-9H,1H2,2H3. The second-order valence-corrected chi connectivity index (χ2v) is 7.18. The quantitative estimate of drug-likeness (QED) is 0.249. The average molecular weight is 534 g/mol. The van der Waals surface area contributed by atoms with E-state index in [-0.39, 0.29) is 0 Å². The SMILES string of the molecule is C=C(C)C(=O)Oc1ccc(OC(=O)c2cc(I)cc(I)c2)cc1. The molecule has 0 aliphatic carbocycles. The van der Waals surface area contributed by atoms with Gasteiger partial charge in [0.15, 0.2) is 0 Å². The second-order valence-electron chi connectivity index (χ2n) is 4.69. The van der Waals surface area contributed by atoms with Gasteiger partial charge in [0.2, 0.25) is 0 Å². The molecule has 0 saturated carbocycles. The number of rotatable bonds is 4. The summed E-state index contributed by atoms with van der Waals surface area (Å²) < 4.78 is 12.3. The molecule has 0 aliphatic rings. The molecule has 0 radical (unpaired) electrons. The van der Waals surface area contributed by atoms with E-state index < -0.39 is 11.9 Å². The van der Waals surface area contributed by atoms with E-state index >= 15 is 0 Å². The van der Waals surface area contributed by atoms with Crippen molar-refractivity contribution in [3.05, 3.63) is 67.3 Å². The maximum Gasteiger partial charge on any atom is 0.343 e. The monoisotopic (exact) mass is 534 g/mol. The Hall–Kier alpha value is -1.42. The molecule has 118 valence electrons. The highest BCUT2D eigenvalue weighted by atomic mass is 127. The number of hydrogen-bond acceptors (Lipinski definition) is 4. The Morgan fingerprint density at radius 1 is 0.913 bits per heavy atom. The highest BCUT2D eigenvalue weighted by molar-refractivity contribution is 14.1. The number of esters is 2. The lowest BCUT2D eigenvalue weighted by Gasteiger charge is -2.07. The van der Waals surface area contributed by atoms with E-state index in [4.69, 9.17) is 9.47 Å². The fraction of sp³-hybridized carbons (Fsp3) is 0.0588. The Balaban J connectivity index is 2.07. The van der Waals surface area contributed by atoms with Crippen LogP contribution in [-0.2, 0) is 4.79 Å². The summed E-state index contributed by atoms with van der Waals surface area (Å²) in [4.78, 5) is 23.6. The minimum Gasteiger partial charge on any atom is -0.423 e. The van der Waals surface area contributed by atoms with Crippen LogP contribution in [0.3, 0.4) is 0 Å². The van der Waals surface area contributed by atoms with E-state index in [1.807, 2.05) is 6.07 Å². The van der Waals surface area contributed by atoms with Gasteiger partial charge in [-0.2, -0.15) is 0 Å². The molecule has 0 amide bonds. The molecule has 23 heavy (non-hydrogen) atoms. The van der Waals surface area contributed by atoms with Crippen molar-refractivity contribution in [2.24, 2.45) is 0 Å². The Labute approximate surface area is 161 Å². The molecule has 0 atom stereocenters. The Morgan fingerprint density at radius 3 is 1.87 bits per heavy atom. The summed E-state index contributed by atoms with van der Waals surface area (Å²) in [6, 6.07) is 11.7. The van der Waals surface area contributed by atoms with Crippen molar-refractivity contribution < 1.29 is 19.1 Å².